The van der Waals surface area contributed by atoms with Crippen LogP contribution in [0.4, 0.5) is 0 Å². The lowest BCUT2D eigenvalue weighted by molar-refractivity contribution is -0.0144. The smallest absolute Gasteiger partial charge is 0.125 e. The topological polar surface area (TPSA) is 42.4 Å². The molecule has 0 radical (unpaired) electrons. The molecule has 1 aromatic heterocycles. The van der Waals surface area contributed by atoms with Gasteiger partial charge in [-0.3, -0.25) is 0 Å². The molecule has 0 aliphatic heterocycles. The highest BCUT2D eigenvalue weighted by Crippen LogP contribution is 2.37. The van der Waals surface area contributed by atoms with E-state index in [0.717, 1.165) is 30.0 Å². The number of fused-ring (bicyclic) bond motifs is 1. The van der Waals surface area contributed by atoms with Gasteiger partial charge in [-0.05, 0) is 40.0 Å². The summed E-state index contributed by atoms with van der Waals surface area (Å²) in [4.78, 5) is 5.80. The number of thiazole rings is 1. The number of aliphatic hydroxyl groups excluding tert-OH is 1. The van der Waals surface area contributed by atoms with Gasteiger partial charge in [-0.15, -0.1) is 11.3 Å². The number of nitrogens with zero attached hydrogens (tertiary/aromatic N) is 1. The maximum Gasteiger partial charge on any atom is 0.125 e. The normalized spacial score (nSPS) is 20.9. The number of aromatic nitrogens is 1. The first kappa shape index (κ1) is 12.0. The lowest BCUT2D eigenvalue weighted by Crippen LogP contribution is -2.21. The Labute approximate surface area is 100 Å². The minimum absolute atomic E-state index is 0.337. The Morgan fingerprint density at radius 1 is 1.56 bits per heavy atom. The van der Waals surface area contributed by atoms with Gasteiger partial charge in [-0.1, -0.05) is 0 Å². The Balaban J connectivity index is 2.30. The molecule has 0 aromatic carbocycles. The minimum atomic E-state index is -0.369. The Kier molecular flexibility index (Phi) is 3.33. The van der Waals surface area contributed by atoms with Crippen molar-refractivity contribution in [1.82, 2.24) is 4.98 Å². The van der Waals surface area contributed by atoms with Crippen LogP contribution in [-0.2, 0) is 16.8 Å². The summed E-state index contributed by atoms with van der Waals surface area (Å²) in [5.41, 5.74) is 0.551. The number of ether oxygens (including phenoxy) is 1. The Morgan fingerprint density at radius 2 is 2.31 bits per heavy atom. The molecular weight excluding hydrogens is 222 g/mol. The molecule has 1 atom stereocenters. The highest BCUT2D eigenvalue weighted by Gasteiger charge is 2.30. The van der Waals surface area contributed by atoms with Crippen molar-refractivity contribution in [3.8, 4) is 0 Å². The zero-order valence-corrected chi connectivity index (χ0v) is 10.9. The first-order valence-corrected chi connectivity index (χ1v) is 6.68. The van der Waals surface area contributed by atoms with E-state index < -0.39 is 0 Å². The molecule has 1 aliphatic carbocycles. The number of hydrogen-bond acceptors (Lipinski definition) is 4. The maximum absolute atomic E-state index is 9.87. The van der Waals surface area contributed by atoms with Crippen LogP contribution in [0.3, 0.4) is 0 Å². The van der Waals surface area contributed by atoms with Gasteiger partial charge in [0, 0.05) is 11.5 Å². The van der Waals surface area contributed by atoms with E-state index in [9.17, 15) is 5.11 Å². The van der Waals surface area contributed by atoms with E-state index >= 15 is 0 Å². The highest BCUT2D eigenvalue weighted by molar-refractivity contribution is 7.11. The van der Waals surface area contributed by atoms with E-state index in [2.05, 4.69) is 4.98 Å². The van der Waals surface area contributed by atoms with Crippen molar-refractivity contribution in [2.45, 2.75) is 51.7 Å². The molecule has 1 unspecified atom stereocenters. The van der Waals surface area contributed by atoms with Crippen molar-refractivity contribution in [3.63, 3.8) is 0 Å². The van der Waals surface area contributed by atoms with E-state index in [4.69, 9.17) is 4.74 Å². The van der Waals surface area contributed by atoms with Crippen LogP contribution in [0.5, 0.6) is 0 Å². The number of hydrogen-bond donors (Lipinski definition) is 1. The van der Waals surface area contributed by atoms with Gasteiger partial charge in [-0.25, -0.2) is 4.98 Å². The van der Waals surface area contributed by atoms with Gasteiger partial charge < -0.3 is 9.84 Å². The highest BCUT2D eigenvalue weighted by atomic mass is 32.1. The van der Waals surface area contributed by atoms with Crippen LogP contribution >= 0.6 is 11.3 Å². The van der Waals surface area contributed by atoms with Crippen LogP contribution in [-0.4, -0.2) is 16.7 Å². The second-order valence-corrected chi connectivity index (χ2v) is 5.76. The summed E-state index contributed by atoms with van der Waals surface area (Å²) in [5, 5.41) is 10.9. The summed E-state index contributed by atoms with van der Waals surface area (Å²) in [7, 11) is 0. The quantitative estimate of drug-likeness (QED) is 0.884. The van der Waals surface area contributed by atoms with E-state index in [1.165, 1.54) is 4.88 Å². The van der Waals surface area contributed by atoms with E-state index in [0.29, 0.717) is 6.61 Å². The van der Waals surface area contributed by atoms with Gasteiger partial charge in [-0.2, -0.15) is 0 Å². The number of rotatable bonds is 3. The molecule has 90 valence electrons. The average molecular weight is 241 g/mol. The van der Waals surface area contributed by atoms with E-state index in [-0.39, 0.29) is 11.7 Å². The van der Waals surface area contributed by atoms with Crippen LogP contribution in [0.25, 0.3) is 0 Å². The predicted octanol–water partition coefficient (Wildman–Crippen LogP) is 2.78. The summed E-state index contributed by atoms with van der Waals surface area (Å²) >= 11 is 1.69. The molecule has 16 heavy (non-hydrogen) atoms. The van der Waals surface area contributed by atoms with Crippen LogP contribution in [0.15, 0.2) is 0 Å². The molecule has 0 amide bonds. The van der Waals surface area contributed by atoms with Crippen LogP contribution in [0.1, 0.15) is 55.3 Å². The lowest BCUT2D eigenvalue weighted by Gasteiger charge is -2.21. The largest absolute Gasteiger partial charge is 0.387 e. The summed E-state index contributed by atoms with van der Waals surface area (Å²) in [6.45, 7) is 6.74. The van der Waals surface area contributed by atoms with Gasteiger partial charge in [0.25, 0.3) is 0 Å². The second kappa shape index (κ2) is 4.43. The van der Waals surface area contributed by atoms with Crippen molar-refractivity contribution < 1.29 is 9.84 Å². The van der Waals surface area contributed by atoms with Crippen molar-refractivity contribution in [3.05, 3.63) is 15.6 Å². The molecular formula is C12H19NO2S. The Bertz CT molecular complexity index is 373. The summed E-state index contributed by atoms with van der Waals surface area (Å²) in [6.07, 6.45) is 2.58. The second-order valence-electron chi connectivity index (χ2n) is 4.68. The molecule has 0 bridgehead atoms. The standard InChI is InChI=1S/C12H19NO2S/c1-4-15-12(2,3)11-13-10-8(14)6-5-7-9(10)16-11/h8,14H,4-7H2,1-3H3. The number of aryl methyl sites for hydroxylation is 1. The average Bonchev–Trinajstić information content (AvgIpc) is 2.63. The van der Waals surface area contributed by atoms with Crippen molar-refractivity contribution >= 4 is 11.3 Å². The maximum atomic E-state index is 9.87. The molecule has 1 aromatic rings. The molecule has 1 N–H and O–H groups in total. The summed E-state index contributed by atoms with van der Waals surface area (Å²) in [5.74, 6) is 0. The third-order valence-corrected chi connectivity index (χ3v) is 4.38. The van der Waals surface area contributed by atoms with Gasteiger partial charge in [0.2, 0.25) is 0 Å². The molecule has 1 aliphatic rings. The Hall–Kier alpha value is -0.450. The van der Waals surface area contributed by atoms with Crippen molar-refractivity contribution in [2.24, 2.45) is 0 Å². The third-order valence-electron chi connectivity index (χ3n) is 2.94. The van der Waals surface area contributed by atoms with Crippen molar-refractivity contribution in [2.75, 3.05) is 6.61 Å². The third kappa shape index (κ3) is 2.14. The molecule has 2 rings (SSSR count). The molecule has 0 spiro atoms. The van der Waals surface area contributed by atoms with E-state index in [1.807, 2.05) is 20.8 Å². The molecule has 0 saturated carbocycles. The van der Waals surface area contributed by atoms with Crippen LogP contribution in [0.2, 0.25) is 0 Å². The van der Waals surface area contributed by atoms with Crippen LogP contribution < -0.4 is 0 Å². The molecule has 0 saturated heterocycles. The summed E-state index contributed by atoms with van der Waals surface area (Å²) in [6, 6.07) is 0. The zero-order valence-electron chi connectivity index (χ0n) is 10.1. The predicted molar refractivity (Wildman–Crippen MR) is 64.7 cm³/mol. The fraction of sp³-hybridized carbons (Fsp3) is 0.750. The first-order valence-electron chi connectivity index (χ1n) is 5.86. The Morgan fingerprint density at radius 3 is 2.94 bits per heavy atom. The first-order chi connectivity index (χ1) is 7.54. The SMILES string of the molecule is CCOC(C)(C)c1nc2c(s1)CCCC2O. The minimum Gasteiger partial charge on any atom is -0.387 e. The fourth-order valence-corrected chi connectivity index (χ4v) is 3.29. The molecule has 3 nitrogen and oxygen atoms in total. The van der Waals surface area contributed by atoms with Gasteiger partial charge >= 0.3 is 0 Å². The fourth-order valence-electron chi connectivity index (χ4n) is 2.08. The van der Waals surface area contributed by atoms with E-state index in [1.54, 1.807) is 11.3 Å². The lowest BCUT2D eigenvalue weighted by atomic mass is 10.0. The molecule has 1 heterocycles. The van der Waals surface area contributed by atoms with Gasteiger partial charge in [0.1, 0.15) is 10.6 Å². The van der Waals surface area contributed by atoms with Crippen LogP contribution in [0, 0.1) is 0 Å². The van der Waals surface area contributed by atoms with Gasteiger partial charge in [0.05, 0.1) is 11.8 Å². The van der Waals surface area contributed by atoms with Crippen molar-refractivity contribution in [1.29, 1.82) is 0 Å². The monoisotopic (exact) mass is 241 g/mol. The molecule has 4 heteroatoms. The summed E-state index contributed by atoms with van der Waals surface area (Å²) < 4.78 is 5.69. The molecule has 0 fully saturated rings. The van der Waals surface area contributed by atoms with Gasteiger partial charge in [0.15, 0.2) is 0 Å². The zero-order chi connectivity index (χ0) is 11.8. The number of aliphatic hydroxyl groups is 1.